The Balaban J connectivity index is 2.49. The molecule has 0 aliphatic heterocycles. The topological polar surface area (TPSA) is 28.7 Å². The predicted octanol–water partition coefficient (Wildman–Crippen LogP) is 4.04. The number of aromatic amines is 1. The second-order valence-corrected chi connectivity index (χ2v) is 4.39. The Hall–Kier alpha value is -1.62. The quantitative estimate of drug-likeness (QED) is 0.849. The molecule has 0 amide bonds. The van der Waals surface area contributed by atoms with Crippen LogP contribution >= 0.6 is 12.2 Å². The van der Waals surface area contributed by atoms with Crippen LogP contribution in [0.3, 0.4) is 0 Å². The Kier molecular flexibility index (Phi) is 3.81. The van der Waals surface area contributed by atoms with Gasteiger partial charge in [-0.25, -0.2) is 13.8 Å². The third-order valence-corrected chi connectivity index (χ3v) is 2.72. The SMILES string of the molecule is CCCc1cc(=S)nc(-c2ccc(F)c(F)c2)[nH]1. The van der Waals surface area contributed by atoms with Crippen molar-refractivity contribution in [2.45, 2.75) is 19.8 Å². The Morgan fingerprint density at radius 2 is 2.00 bits per heavy atom. The number of hydrogen-bond donors (Lipinski definition) is 1. The Bertz CT molecular complexity index is 623. The maximum absolute atomic E-state index is 13.2. The van der Waals surface area contributed by atoms with E-state index in [0.29, 0.717) is 16.0 Å². The summed E-state index contributed by atoms with van der Waals surface area (Å²) in [6.45, 7) is 2.05. The lowest BCUT2D eigenvalue weighted by atomic mass is 10.2. The van der Waals surface area contributed by atoms with Crippen LogP contribution in [0.5, 0.6) is 0 Å². The van der Waals surface area contributed by atoms with Crippen molar-refractivity contribution in [2.24, 2.45) is 0 Å². The van der Waals surface area contributed by atoms with E-state index in [9.17, 15) is 8.78 Å². The molecular formula is C13H12F2N2S. The van der Waals surface area contributed by atoms with Crippen molar-refractivity contribution in [2.75, 3.05) is 0 Å². The molecule has 94 valence electrons. The van der Waals surface area contributed by atoms with Crippen molar-refractivity contribution in [3.8, 4) is 11.4 Å². The van der Waals surface area contributed by atoms with Crippen molar-refractivity contribution in [3.05, 3.63) is 46.2 Å². The van der Waals surface area contributed by atoms with Crippen LogP contribution in [0, 0.1) is 16.3 Å². The first-order chi connectivity index (χ1) is 8.60. The standard InChI is InChI=1S/C13H12F2N2S/c1-2-3-9-7-12(18)17-13(16-9)8-4-5-10(14)11(15)6-8/h4-7H,2-3H2,1H3,(H,16,17,18). The molecule has 1 aromatic heterocycles. The molecule has 0 fully saturated rings. The minimum absolute atomic E-state index is 0.442. The maximum Gasteiger partial charge on any atom is 0.159 e. The summed E-state index contributed by atoms with van der Waals surface area (Å²) in [5.41, 5.74) is 1.43. The van der Waals surface area contributed by atoms with Crippen LogP contribution < -0.4 is 0 Å². The van der Waals surface area contributed by atoms with E-state index < -0.39 is 11.6 Å². The molecule has 1 N–H and O–H groups in total. The first-order valence-electron chi connectivity index (χ1n) is 5.66. The third kappa shape index (κ3) is 2.79. The predicted molar refractivity (Wildman–Crippen MR) is 68.8 cm³/mol. The van der Waals surface area contributed by atoms with Gasteiger partial charge in [-0.15, -0.1) is 0 Å². The van der Waals surface area contributed by atoms with Crippen LogP contribution in [0.2, 0.25) is 0 Å². The highest BCUT2D eigenvalue weighted by Gasteiger charge is 2.07. The second-order valence-electron chi connectivity index (χ2n) is 3.97. The summed E-state index contributed by atoms with van der Waals surface area (Å²) in [5.74, 6) is -1.30. The highest BCUT2D eigenvalue weighted by molar-refractivity contribution is 7.71. The summed E-state index contributed by atoms with van der Waals surface area (Å²) < 4.78 is 26.5. The lowest BCUT2D eigenvalue weighted by molar-refractivity contribution is 0.509. The van der Waals surface area contributed by atoms with Gasteiger partial charge in [-0.2, -0.15) is 0 Å². The van der Waals surface area contributed by atoms with Crippen LogP contribution in [-0.4, -0.2) is 9.97 Å². The zero-order chi connectivity index (χ0) is 13.1. The molecule has 2 aromatic rings. The van der Waals surface area contributed by atoms with Gasteiger partial charge in [-0.3, -0.25) is 0 Å². The lowest BCUT2D eigenvalue weighted by Crippen LogP contribution is -1.97. The zero-order valence-electron chi connectivity index (χ0n) is 9.84. The van der Waals surface area contributed by atoms with Crippen LogP contribution in [-0.2, 0) is 6.42 Å². The number of rotatable bonds is 3. The molecule has 2 nitrogen and oxygen atoms in total. The van der Waals surface area contributed by atoms with Crippen molar-refractivity contribution in [1.29, 1.82) is 0 Å². The molecule has 0 aliphatic carbocycles. The Morgan fingerprint density at radius 1 is 1.22 bits per heavy atom. The van der Waals surface area contributed by atoms with Gasteiger partial charge in [0.2, 0.25) is 0 Å². The van der Waals surface area contributed by atoms with E-state index in [1.165, 1.54) is 6.07 Å². The van der Waals surface area contributed by atoms with E-state index in [1.807, 2.05) is 0 Å². The normalized spacial score (nSPS) is 10.6. The number of hydrogen-bond acceptors (Lipinski definition) is 2. The molecule has 2 rings (SSSR count). The average Bonchev–Trinajstić information content (AvgIpc) is 2.32. The third-order valence-electron chi connectivity index (χ3n) is 2.51. The molecular weight excluding hydrogens is 254 g/mol. The number of aromatic nitrogens is 2. The van der Waals surface area contributed by atoms with Crippen molar-refractivity contribution >= 4 is 12.2 Å². The van der Waals surface area contributed by atoms with Gasteiger partial charge in [0.1, 0.15) is 10.5 Å². The molecule has 0 atom stereocenters. The summed E-state index contributed by atoms with van der Waals surface area (Å²) >= 11 is 5.06. The molecule has 5 heteroatoms. The van der Waals surface area contributed by atoms with E-state index in [1.54, 1.807) is 6.07 Å². The maximum atomic E-state index is 13.2. The van der Waals surface area contributed by atoms with Gasteiger partial charge in [0, 0.05) is 11.3 Å². The van der Waals surface area contributed by atoms with Crippen molar-refractivity contribution < 1.29 is 8.78 Å². The van der Waals surface area contributed by atoms with E-state index in [4.69, 9.17) is 12.2 Å². The van der Waals surface area contributed by atoms with Crippen molar-refractivity contribution in [1.82, 2.24) is 9.97 Å². The lowest BCUT2D eigenvalue weighted by Gasteiger charge is -2.05. The number of nitrogens with one attached hydrogen (secondary N) is 1. The summed E-state index contributed by atoms with van der Waals surface area (Å²) in [6, 6.07) is 5.44. The fourth-order valence-corrected chi connectivity index (χ4v) is 1.93. The van der Waals surface area contributed by atoms with Gasteiger partial charge in [0.25, 0.3) is 0 Å². The molecule has 18 heavy (non-hydrogen) atoms. The molecule has 1 aromatic carbocycles. The number of nitrogens with zero attached hydrogens (tertiary/aromatic N) is 1. The zero-order valence-corrected chi connectivity index (χ0v) is 10.7. The fourth-order valence-electron chi connectivity index (χ4n) is 1.69. The number of H-pyrrole nitrogens is 1. The van der Waals surface area contributed by atoms with E-state index in [0.717, 1.165) is 30.7 Å². The molecule has 1 heterocycles. The number of aryl methyl sites for hydroxylation is 1. The van der Waals surface area contributed by atoms with Gasteiger partial charge >= 0.3 is 0 Å². The second kappa shape index (κ2) is 5.35. The summed E-state index contributed by atoms with van der Waals surface area (Å²) in [7, 11) is 0. The summed E-state index contributed by atoms with van der Waals surface area (Å²) in [6.07, 6.45) is 1.80. The van der Waals surface area contributed by atoms with Crippen LogP contribution in [0.15, 0.2) is 24.3 Å². The molecule has 0 unspecified atom stereocenters. The monoisotopic (exact) mass is 266 g/mol. The summed E-state index contributed by atoms with van der Waals surface area (Å²) in [4.78, 5) is 7.21. The molecule has 0 radical (unpaired) electrons. The first kappa shape index (κ1) is 12.8. The molecule has 0 saturated carbocycles. The highest BCUT2D eigenvalue weighted by Crippen LogP contribution is 2.18. The van der Waals surface area contributed by atoms with E-state index in [2.05, 4.69) is 16.9 Å². The van der Waals surface area contributed by atoms with Gasteiger partial charge in [0.15, 0.2) is 11.6 Å². The first-order valence-corrected chi connectivity index (χ1v) is 6.06. The average molecular weight is 266 g/mol. The van der Waals surface area contributed by atoms with E-state index in [-0.39, 0.29) is 0 Å². The largest absolute Gasteiger partial charge is 0.343 e. The fraction of sp³-hybridized carbons (Fsp3) is 0.231. The Labute approximate surface area is 109 Å². The van der Waals surface area contributed by atoms with Crippen molar-refractivity contribution in [3.63, 3.8) is 0 Å². The Morgan fingerprint density at radius 3 is 2.67 bits per heavy atom. The van der Waals surface area contributed by atoms with E-state index >= 15 is 0 Å². The van der Waals surface area contributed by atoms with Gasteiger partial charge in [0.05, 0.1) is 0 Å². The summed E-state index contributed by atoms with van der Waals surface area (Å²) in [5, 5.41) is 0. The molecule has 0 spiro atoms. The van der Waals surface area contributed by atoms with Gasteiger partial charge < -0.3 is 4.98 Å². The smallest absolute Gasteiger partial charge is 0.159 e. The van der Waals surface area contributed by atoms with Crippen LogP contribution in [0.1, 0.15) is 19.0 Å². The molecule has 0 bridgehead atoms. The molecule has 0 aliphatic rings. The van der Waals surface area contributed by atoms with Gasteiger partial charge in [-0.1, -0.05) is 25.6 Å². The van der Waals surface area contributed by atoms with Crippen LogP contribution in [0.4, 0.5) is 8.78 Å². The van der Waals surface area contributed by atoms with Gasteiger partial charge in [-0.05, 0) is 30.7 Å². The van der Waals surface area contributed by atoms with Crippen LogP contribution in [0.25, 0.3) is 11.4 Å². The minimum Gasteiger partial charge on any atom is -0.343 e. The highest BCUT2D eigenvalue weighted by atomic mass is 32.1. The number of halogens is 2. The molecule has 0 saturated heterocycles. The number of benzene rings is 1. The minimum atomic E-state index is -0.894.